The number of nitrogens with zero attached hydrogens (tertiary/aromatic N) is 1. The summed E-state index contributed by atoms with van der Waals surface area (Å²) in [5.74, 6) is -2.02. The largest absolute Gasteiger partial charge is 0.322 e. The first-order chi connectivity index (χ1) is 9.86. The van der Waals surface area contributed by atoms with Gasteiger partial charge in [-0.25, -0.2) is 8.78 Å². The standard InChI is InChI=1S/C13H7BrF2N2O3/c14-11-3-7(1-2-12(11)16)13(19)17-9-4-8(15)5-10(6-9)18(20)21/h1-6H,(H,17,19). The van der Waals surface area contributed by atoms with E-state index in [1.165, 1.54) is 12.1 Å². The minimum Gasteiger partial charge on any atom is -0.322 e. The molecule has 2 rings (SSSR count). The number of benzene rings is 2. The van der Waals surface area contributed by atoms with Gasteiger partial charge in [0.05, 0.1) is 21.1 Å². The van der Waals surface area contributed by atoms with Gasteiger partial charge in [-0.2, -0.15) is 0 Å². The second-order valence-electron chi connectivity index (χ2n) is 4.04. The fourth-order valence-corrected chi connectivity index (χ4v) is 1.97. The van der Waals surface area contributed by atoms with Gasteiger partial charge in [0.2, 0.25) is 0 Å². The van der Waals surface area contributed by atoms with Crippen LogP contribution in [0.5, 0.6) is 0 Å². The Hall–Kier alpha value is -2.35. The predicted molar refractivity (Wildman–Crippen MR) is 75.1 cm³/mol. The number of nitro groups is 1. The lowest BCUT2D eigenvalue weighted by Gasteiger charge is -2.06. The molecule has 0 unspecified atom stereocenters. The monoisotopic (exact) mass is 356 g/mol. The van der Waals surface area contributed by atoms with Gasteiger partial charge < -0.3 is 5.32 Å². The van der Waals surface area contributed by atoms with Crippen molar-refractivity contribution in [3.63, 3.8) is 0 Å². The molecule has 0 aliphatic rings. The summed E-state index contributed by atoms with van der Waals surface area (Å²) in [4.78, 5) is 21.8. The topological polar surface area (TPSA) is 72.2 Å². The predicted octanol–water partition coefficient (Wildman–Crippen LogP) is 3.89. The molecule has 0 atom stereocenters. The van der Waals surface area contributed by atoms with E-state index in [2.05, 4.69) is 21.2 Å². The van der Waals surface area contributed by atoms with E-state index in [1.54, 1.807) is 0 Å². The summed E-state index contributed by atoms with van der Waals surface area (Å²) in [5, 5.41) is 12.9. The third kappa shape index (κ3) is 3.60. The molecule has 2 aromatic rings. The summed E-state index contributed by atoms with van der Waals surface area (Å²) in [5.41, 5.74) is -0.423. The number of non-ortho nitro benzene ring substituents is 1. The maximum absolute atomic E-state index is 13.2. The quantitative estimate of drug-likeness (QED) is 0.669. The molecule has 2 aromatic carbocycles. The van der Waals surface area contributed by atoms with Crippen molar-refractivity contribution in [2.24, 2.45) is 0 Å². The summed E-state index contributed by atoms with van der Waals surface area (Å²) >= 11 is 2.94. The van der Waals surface area contributed by atoms with Gasteiger partial charge in [0, 0.05) is 11.6 Å². The number of nitro benzene ring substituents is 1. The van der Waals surface area contributed by atoms with Gasteiger partial charge in [-0.3, -0.25) is 14.9 Å². The number of rotatable bonds is 3. The van der Waals surface area contributed by atoms with Crippen molar-refractivity contribution in [2.45, 2.75) is 0 Å². The lowest BCUT2D eigenvalue weighted by Crippen LogP contribution is -2.12. The van der Waals surface area contributed by atoms with Crippen molar-refractivity contribution < 1.29 is 18.5 Å². The number of carbonyl (C=O) groups excluding carboxylic acids is 1. The highest BCUT2D eigenvalue weighted by atomic mass is 79.9. The average Bonchev–Trinajstić information content (AvgIpc) is 2.41. The van der Waals surface area contributed by atoms with E-state index in [9.17, 15) is 23.7 Å². The van der Waals surface area contributed by atoms with Gasteiger partial charge in [0.15, 0.2) is 0 Å². The van der Waals surface area contributed by atoms with Crippen molar-refractivity contribution in [1.29, 1.82) is 0 Å². The number of carbonyl (C=O) groups is 1. The van der Waals surface area contributed by atoms with E-state index in [4.69, 9.17) is 0 Å². The number of halogens is 3. The number of nitrogens with one attached hydrogen (secondary N) is 1. The summed E-state index contributed by atoms with van der Waals surface area (Å²) in [6, 6.07) is 6.29. The van der Waals surface area contributed by atoms with Crippen molar-refractivity contribution in [3.05, 3.63) is 68.2 Å². The zero-order valence-corrected chi connectivity index (χ0v) is 11.9. The lowest BCUT2D eigenvalue weighted by molar-refractivity contribution is -0.385. The molecule has 108 valence electrons. The summed E-state index contributed by atoms with van der Waals surface area (Å²) in [6.07, 6.45) is 0. The van der Waals surface area contributed by atoms with Crippen LogP contribution in [0.1, 0.15) is 10.4 Å². The van der Waals surface area contributed by atoms with Gasteiger partial charge in [0.25, 0.3) is 11.6 Å². The van der Waals surface area contributed by atoms with Crippen LogP contribution in [0, 0.1) is 21.7 Å². The van der Waals surface area contributed by atoms with Crippen molar-refractivity contribution >= 4 is 33.2 Å². The molecule has 0 bridgehead atoms. The maximum Gasteiger partial charge on any atom is 0.274 e. The molecule has 5 nitrogen and oxygen atoms in total. The first kappa shape index (κ1) is 15.0. The van der Waals surface area contributed by atoms with E-state index in [-0.39, 0.29) is 15.7 Å². The normalized spacial score (nSPS) is 10.2. The minimum atomic E-state index is -0.847. The van der Waals surface area contributed by atoms with Crippen LogP contribution in [-0.4, -0.2) is 10.8 Å². The van der Waals surface area contributed by atoms with E-state index in [1.807, 2.05) is 0 Å². The highest BCUT2D eigenvalue weighted by molar-refractivity contribution is 9.10. The highest BCUT2D eigenvalue weighted by Crippen LogP contribution is 2.22. The number of amides is 1. The number of anilines is 1. The van der Waals surface area contributed by atoms with Crippen LogP contribution in [-0.2, 0) is 0 Å². The third-order valence-corrected chi connectivity index (χ3v) is 3.14. The molecule has 0 aliphatic carbocycles. The molecule has 0 radical (unpaired) electrons. The second kappa shape index (κ2) is 5.96. The van der Waals surface area contributed by atoms with Gasteiger partial charge in [-0.05, 0) is 40.2 Å². The Labute approximate surface area is 125 Å². The molecule has 0 saturated carbocycles. The molecule has 0 aromatic heterocycles. The van der Waals surface area contributed by atoms with Gasteiger partial charge in [-0.15, -0.1) is 0 Å². The molecular formula is C13H7BrF2N2O3. The first-order valence-corrected chi connectivity index (χ1v) is 6.37. The van der Waals surface area contributed by atoms with Crippen molar-refractivity contribution in [3.8, 4) is 0 Å². The van der Waals surface area contributed by atoms with Crippen molar-refractivity contribution in [2.75, 3.05) is 5.32 Å². The van der Waals surface area contributed by atoms with E-state index in [0.717, 1.165) is 24.3 Å². The zero-order valence-electron chi connectivity index (χ0n) is 10.3. The molecule has 1 amide bonds. The Morgan fingerprint density at radius 2 is 1.90 bits per heavy atom. The summed E-state index contributed by atoms with van der Waals surface area (Å²) < 4.78 is 26.4. The fraction of sp³-hybridized carbons (Fsp3) is 0. The average molecular weight is 357 g/mol. The molecular weight excluding hydrogens is 350 g/mol. The van der Waals surface area contributed by atoms with E-state index >= 15 is 0 Å². The molecule has 0 heterocycles. The number of hydrogen-bond acceptors (Lipinski definition) is 3. The van der Waals surface area contributed by atoms with E-state index < -0.39 is 28.2 Å². The van der Waals surface area contributed by atoms with Crippen LogP contribution in [0.4, 0.5) is 20.2 Å². The molecule has 21 heavy (non-hydrogen) atoms. The van der Waals surface area contributed by atoms with Crippen LogP contribution < -0.4 is 5.32 Å². The Kier molecular flexibility index (Phi) is 4.27. The Morgan fingerprint density at radius 3 is 2.52 bits per heavy atom. The minimum absolute atomic E-state index is 0.0628. The molecule has 0 fully saturated rings. The van der Waals surface area contributed by atoms with E-state index in [0.29, 0.717) is 0 Å². The zero-order chi connectivity index (χ0) is 15.6. The Morgan fingerprint density at radius 1 is 1.19 bits per heavy atom. The van der Waals surface area contributed by atoms with Gasteiger partial charge in [0.1, 0.15) is 11.6 Å². The first-order valence-electron chi connectivity index (χ1n) is 5.58. The molecule has 8 heteroatoms. The van der Waals surface area contributed by atoms with Crippen LogP contribution in [0.25, 0.3) is 0 Å². The number of hydrogen-bond donors (Lipinski definition) is 1. The smallest absolute Gasteiger partial charge is 0.274 e. The van der Waals surface area contributed by atoms with Crippen LogP contribution in [0.15, 0.2) is 40.9 Å². The third-order valence-electron chi connectivity index (χ3n) is 2.53. The second-order valence-corrected chi connectivity index (χ2v) is 4.89. The van der Waals surface area contributed by atoms with Crippen molar-refractivity contribution in [1.82, 2.24) is 0 Å². The fourth-order valence-electron chi connectivity index (χ4n) is 1.59. The highest BCUT2D eigenvalue weighted by Gasteiger charge is 2.13. The maximum atomic E-state index is 13.2. The molecule has 0 saturated heterocycles. The Bertz CT molecular complexity index is 737. The SMILES string of the molecule is O=C(Nc1cc(F)cc([N+](=O)[O-])c1)c1ccc(F)c(Br)c1. The van der Waals surface area contributed by atoms with Gasteiger partial charge in [-0.1, -0.05) is 0 Å². The molecule has 0 aliphatic heterocycles. The van der Waals surface area contributed by atoms with Crippen LogP contribution >= 0.6 is 15.9 Å². The molecule has 1 N–H and O–H groups in total. The lowest BCUT2D eigenvalue weighted by atomic mass is 10.2. The summed E-state index contributed by atoms with van der Waals surface area (Å²) in [6.45, 7) is 0. The van der Waals surface area contributed by atoms with Crippen LogP contribution in [0.2, 0.25) is 0 Å². The Balaban J connectivity index is 2.27. The van der Waals surface area contributed by atoms with Gasteiger partial charge >= 0.3 is 0 Å². The summed E-state index contributed by atoms with van der Waals surface area (Å²) in [7, 11) is 0. The molecule has 0 spiro atoms. The van der Waals surface area contributed by atoms with Crippen LogP contribution in [0.3, 0.4) is 0 Å².